The number of alkyl carbamates (subject to hydrolysis) is 1. The molecule has 3 aromatic rings. The first-order valence-electron chi connectivity index (χ1n) is 25.4. The van der Waals surface area contributed by atoms with Gasteiger partial charge in [-0.15, -0.1) is 0 Å². The van der Waals surface area contributed by atoms with Crippen molar-refractivity contribution >= 4 is 65.2 Å². The van der Waals surface area contributed by atoms with Crippen molar-refractivity contribution in [3.8, 4) is 5.75 Å². The number of nitrogens with one attached hydrogen (secondary N) is 4. The summed E-state index contributed by atoms with van der Waals surface area (Å²) in [5.74, 6) is -5.75. The molecule has 3 aliphatic rings. The molecule has 0 radical (unpaired) electrons. The van der Waals surface area contributed by atoms with E-state index in [-0.39, 0.29) is 42.8 Å². The number of likely N-dealkylation sites (tertiary alicyclic amines) is 1. The molecule has 78 heavy (non-hydrogen) atoms. The van der Waals surface area contributed by atoms with Crippen LogP contribution in [-0.4, -0.2) is 164 Å². The quantitative estimate of drug-likeness (QED) is 0.0290. The van der Waals surface area contributed by atoms with Gasteiger partial charge in [-0.2, -0.15) is 0 Å². The van der Waals surface area contributed by atoms with E-state index in [0.29, 0.717) is 47.1 Å². The maximum Gasteiger partial charge on any atom is 0.407 e. The summed E-state index contributed by atoms with van der Waals surface area (Å²) in [5, 5.41) is 51.1. The van der Waals surface area contributed by atoms with E-state index in [4.69, 9.17) is 18.9 Å². The fraction of sp³-hybridized carbons (Fsp3) is 0.444. The number of unbranched alkanes of at least 4 members (excludes halogenated alkanes) is 1. The summed E-state index contributed by atoms with van der Waals surface area (Å²) in [6.07, 6.45) is 1.41. The number of carboxylic acids is 1. The summed E-state index contributed by atoms with van der Waals surface area (Å²) in [5.41, 5.74) is 1.03. The van der Waals surface area contributed by atoms with Crippen molar-refractivity contribution in [2.24, 2.45) is 5.92 Å². The van der Waals surface area contributed by atoms with Crippen molar-refractivity contribution in [3.05, 3.63) is 107 Å². The molecule has 6 rings (SSSR count). The molecule has 0 unspecified atom stereocenters. The molecule has 0 aliphatic carbocycles. The Balaban J connectivity index is 1.02. The minimum Gasteiger partial charge on any atom is -0.479 e. The second-order valence-electron chi connectivity index (χ2n) is 19.7. The van der Waals surface area contributed by atoms with Gasteiger partial charge in [0.1, 0.15) is 42.3 Å². The van der Waals surface area contributed by atoms with Gasteiger partial charge in [0.05, 0.1) is 18.7 Å². The highest BCUT2D eigenvalue weighted by Gasteiger charge is 2.48. The first kappa shape index (κ1) is 59.2. The van der Waals surface area contributed by atoms with Crippen molar-refractivity contribution in [1.82, 2.24) is 30.7 Å². The number of aliphatic carboxylic acids is 1. The predicted molar refractivity (Wildman–Crippen MR) is 275 cm³/mol. The molecule has 418 valence electrons. The van der Waals surface area contributed by atoms with Crippen molar-refractivity contribution in [3.63, 3.8) is 0 Å². The molecule has 2 aromatic carbocycles. The van der Waals surface area contributed by atoms with Gasteiger partial charge in [0.25, 0.3) is 17.7 Å². The van der Waals surface area contributed by atoms with Gasteiger partial charge in [0.2, 0.25) is 24.0 Å². The third kappa shape index (κ3) is 17.5. The zero-order chi connectivity index (χ0) is 56.5. The molecule has 1 aromatic heterocycles. The number of aliphatic hydroxyl groups is 3. The first-order chi connectivity index (χ1) is 37.1. The number of esters is 1. The van der Waals surface area contributed by atoms with Gasteiger partial charge in [-0.05, 0) is 99.0 Å². The van der Waals surface area contributed by atoms with Gasteiger partial charge in [-0.1, -0.05) is 37.1 Å². The lowest BCUT2D eigenvalue weighted by Crippen LogP contribution is -2.61. The highest BCUT2D eigenvalue weighted by Crippen LogP contribution is 2.32. The fourth-order valence-corrected chi connectivity index (χ4v) is 8.56. The number of rotatable bonds is 23. The third-order valence-corrected chi connectivity index (χ3v) is 12.6. The minimum absolute atomic E-state index is 0.135. The normalized spacial score (nSPS) is 19.9. The van der Waals surface area contributed by atoms with Gasteiger partial charge in [-0.3, -0.25) is 43.4 Å². The van der Waals surface area contributed by atoms with Crippen LogP contribution in [0.1, 0.15) is 86.3 Å². The lowest BCUT2D eigenvalue weighted by molar-refractivity contribution is -0.271. The Bertz CT molecular complexity index is 2700. The van der Waals surface area contributed by atoms with Crippen LogP contribution in [0.3, 0.4) is 0 Å². The molecule has 24 heteroatoms. The maximum absolute atomic E-state index is 13.6. The molecule has 0 bridgehead atoms. The van der Waals surface area contributed by atoms with E-state index in [1.165, 1.54) is 24.3 Å². The number of benzene rings is 2. The van der Waals surface area contributed by atoms with Crippen LogP contribution in [0.2, 0.25) is 0 Å². The topological polar surface area (TPSA) is 339 Å². The number of amides is 7. The van der Waals surface area contributed by atoms with Gasteiger partial charge >= 0.3 is 18.0 Å². The number of imide groups is 1. The number of nitrogens with zero attached hydrogens (tertiary/aromatic N) is 3. The van der Waals surface area contributed by atoms with E-state index < -0.39 is 97.0 Å². The van der Waals surface area contributed by atoms with E-state index >= 15 is 0 Å². The van der Waals surface area contributed by atoms with Crippen LogP contribution < -0.4 is 26.0 Å². The number of carbonyl (C=O) groups is 9. The average Bonchev–Trinajstić information content (AvgIpc) is 3.76. The number of ether oxygens (including phenoxy) is 4. The van der Waals surface area contributed by atoms with Gasteiger partial charge in [0.15, 0.2) is 6.10 Å². The highest BCUT2D eigenvalue weighted by atomic mass is 16.7. The maximum atomic E-state index is 13.6. The van der Waals surface area contributed by atoms with Crippen LogP contribution in [0.5, 0.6) is 5.75 Å². The Morgan fingerprint density at radius 3 is 2.29 bits per heavy atom. The number of pyridine rings is 1. The van der Waals surface area contributed by atoms with Crippen molar-refractivity contribution in [2.45, 2.75) is 115 Å². The molecule has 2 saturated heterocycles. The molecule has 24 nitrogen and oxygen atoms in total. The highest BCUT2D eigenvalue weighted by molar-refractivity contribution is 6.15. The molecular formula is C54H65N7O17. The van der Waals surface area contributed by atoms with Crippen LogP contribution >= 0.6 is 0 Å². The second-order valence-corrected chi connectivity index (χ2v) is 19.7. The standard InChI is InChI=1S/C54H65N7O17/c1-54(2,3)78-53(74)58-30-38(61-42(64)16-17-43(61)65)49(70)57-23-18-41(63)59-37-27-35(12-14-39(37)76-52-47(69)45(67)46(68)48(77-52)51(72)73)31-75-44(66)28-34-9-6-11-36(26-34)50(71)60-24-19-32(20-25-60)8-4-5-22-56-40(62)15-13-33-10-7-21-55-29-33/h6-7,9-17,21,26-27,29,32,38,45-48,52,67-69H,4-5,8,18-20,22-25,28,30-31H2,1-3H3,(H,56,62)(H,57,70)(H,58,74)(H,59,63)(H,72,73)/b15-13+/t38-,45-,46-,47+,48-,52+/m0/s1. The smallest absolute Gasteiger partial charge is 0.407 e. The Morgan fingerprint density at radius 2 is 1.60 bits per heavy atom. The summed E-state index contributed by atoms with van der Waals surface area (Å²) in [4.78, 5) is 121. The minimum atomic E-state index is -2.02. The summed E-state index contributed by atoms with van der Waals surface area (Å²) in [6.45, 7) is 5.31. The van der Waals surface area contributed by atoms with Gasteiger partial charge in [0, 0.05) is 68.8 Å². The van der Waals surface area contributed by atoms with Crippen molar-refractivity contribution in [2.75, 3.05) is 38.0 Å². The molecule has 7 amide bonds. The van der Waals surface area contributed by atoms with E-state index in [0.717, 1.165) is 49.8 Å². The van der Waals surface area contributed by atoms with E-state index in [1.54, 1.807) is 74.5 Å². The molecule has 4 heterocycles. The number of hydrogen-bond acceptors (Lipinski definition) is 17. The zero-order valence-electron chi connectivity index (χ0n) is 43.3. The van der Waals surface area contributed by atoms with Gasteiger partial charge < -0.3 is 65.5 Å². The molecular weight excluding hydrogens is 1020 g/mol. The molecule has 6 atom stereocenters. The molecule has 0 spiro atoms. The Kier molecular flexibility index (Phi) is 21.1. The van der Waals surface area contributed by atoms with E-state index in [2.05, 4.69) is 26.3 Å². The fourth-order valence-electron chi connectivity index (χ4n) is 8.56. The Hall–Kier alpha value is -8.06. The number of anilines is 1. The van der Waals surface area contributed by atoms with E-state index in [1.807, 2.05) is 6.07 Å². The summed E-state index contributed by atoms with van der Waals surface area (Å²) >= 11 is 0. The number of aliphatic hydroxyl groups excluding tert-OH is 3. The van der Waals surface area contributed by atoms with Crippen LogP contribution in [0.25, 0.3) is 6.08 Å². The van der Waals surface area contributed by atoms with E-state index in [9.17, 15) is 63.6 Å². The second kappa shape index (κ2) is 27.8. The molecule has 0 saturated carbocycles. The number of carboxylic acid groups (broad SMARTS) is 1. The largest absolute Gasteiger partial charge is 0.479 e. The van der Waals surface area contributed by atoms with Gasteiger partial charge in [-0.25, -0.2) is 9.59 Å². The summed E-state index contributed by atoms with van der Waals surface area (Å²) < 4.78 is 21.8. The average molecular weight is 1080 g/mol. The first-order valence-corrected chi connectivity index (χ1v) is 25.4. The number of carbonyl (C=O) groups excluding carboxylic acids is 8. The lowest BCUT2D eigenvalue weighted by Gasteiger charge is -2.38. The number of aromatic nitrogens is 1. The Morgan fingerprint density at radius 1 is 0.859 bits per heavy atom. The molecule has 3 aliphatic heterocycles. The van der Waals surface area contributed by atoms with Crippen LogP contribution in [0.15, 0.2) is 85.2 Å². The van der Waals surface area contributed by atoms with Crippen molar-refractivity contribution < 1.29 is 82.5 Å². The molecule has 2 fully saturated rings. The van der Waals surface area contributed by atoms with Crippen LogP contribution in [0.4, 0.5) is 10.5 Å². The van der Waals surface area contributed by atoms with Crippen LogP contribution in [-0.2, 0) is 60.8 Å². The SMILES string of the molecule is CC(C)(C)OC(=O)NC[C@@H](C(=O)NCCC(=O)Nc1cc(COC(=O)Cc2cccc(C(=O)N3CCC(CCCCNC(=O)/C=C/c4cccnc4)CC3)c2)ccc1O[C@@H]1O[C@H](C(=O)O)[C@@H](O)[C@H](O)[C@H]1O)N1C(=O)C=CC1=O. The summed E-state index contributed by atoms with van der Waals surface area (Å²) in [7, 11) is 0. The number of piperidine rings is 1. The predicted octanol–water partition coefficient (Wildman–Crippen LogP) is 1.75. The lowest BCUT2D eigenvalue weighted by atomic mass is 9.91. The Labute approximate surface area is 449 Å². The van der Waals surface area contributed by atoms with Crippen LogP contribution in [0, 0.1) is 5.92 Å². The zero-order valence-corrected chi connectivity index (χ0v) is 43.3. The monoisotopic (exact) mass is 1080 g/mol. The summed E-state index contributed by atoms with van der Waals surface area (Å²) in [6, 6.07) is 12.8. The third-order valence-electron chi connectivity index (χ3n) is 12.6. The molecule has 8 N–H and O–H groups in total. The number of hydrogen-bond donors (Lipinski definition) is 8. The van der Waals surface area contributed by atoms with Crippen molar-refractivity contribution in [1.29, 1.82) is 0 Å².